The van der Waals surface area contributed by atoms with E-state index in [2.05, 4.69) is 32.4 Å². The Balaban J connectivity index is 1.21. The molecular formula is C32H35ClFN7OS. The van der Waals surface area contributed by atoms with Gasteiger partial charge in [0.1, 0.15) is 10.6 Å². The van der Waals surface area contributed by atoms with E-state index in [1.165, 1.54) is 10.1 Å². The maximum atomic E-state index is 15.1. The fourth-order valence-electron chi connectivity index (χ4n) is 5.88. The van der Waals surface area contributed by atoms with Crippen LogP contribution < -0.4 is 22.5 Å². The fraction of sp³-hybridized carbons (Fsp3) is 0.344. The van der Waals surface area contributed by atoms with Gasteiger partial charge in [-0.25, -0.2) is 14.2 Å². The lowest BCUT2D eigenvalue weighted by atomic mass is 9.92. The summed E-state index contributed by atoms with van der Waals surface area (Å²) >= 11 is 7.80. The van der Waals surface area contributed by atoms with Gasteiger partial charge in [-0.2, -0.15) is 4.98 Å². The number of fused-ring (bicyclic) bond motifs is 1. The Morgan fingerprint density at radius 2 is 2.02 bits per heavy atom. The van der Waals surface area contributed by atoms with Gasteiger partial charge in [0.05, 0.1) is 27.6 Å². The standard InChI is InChI=1S/C32H35ClFN7OS/c1-18(35)4-2-5-19-12-24(30(34)25(33)13-19)27-14-21-17-41(32(42)40-31(21)39-27)23-10-8-20(9-11-23)26-7-3-6-22(38-26)15-29-37-16-28(36)43-29/h8-14,16-18,22,26,38H,2-7,15,35-36H2,1H3,(H,39,40,42)/t18-,22-,26-/m0/s1. The number of nitrogens with two attached hydrogens (primary N) is 2. The number of piperidine rings is 1. The van der Waals surface area contributed by atoms with Gasteiger partial charge < -0.3 is 21.8 Å². The van der Waals surface area contributed by atoms with Crippen molar-refractivity contribution in [1.82, 2.24) is 24.8 Å². The zero-order valence-electron chi connectivity index (χ0n) is 23.9. The molecule has 1 fully saturated rings. The average Bonchev–Trinajstić information content (AvgIpc) is 3.59. The number of nitrogens with one attached hydrogen (secondary N) is 2. The number of hydrogen-bond acceptors (Lipinski definition) is 7. The average molecular weight is 620 g/mol. The van der Waals surface area contributed by atoms with Crippen LogP contribution in [0.4, 0.5) is 9.39 Å². The number of hydrogen-bond donors (Lipinski definition) is 4. The number of nitrogens with zero attached hydrogens (tertiary/aromatic N) is 3. The normalized spacial score (nSPS) is 17.9. The molecule has 8 nitrogen and oxygen atoms in total. The number of thiazole rings is 1. The first-order chi connectivity index (χ1) is 20.7. The van der Waals surface area contributed by atoms with Crippen LogP contribution in [0.25, 0.3) is 28.0 Å². The maximum absolute atomic E-state index is 15.1. The van der Waals surface area contributed by atoms with E-state index in [1.807, 2.05) is 19.1 Å². The number of anilines is 1. The molecule has 1 aliphatic rings. The topological polar surface area (TPSA) is 128 Å². The predicted octanol–water partition coefficient (Wildman–Crippen LogP) is 6.31. The molecule has 4 heterocycles. The summed E-state index contributed by atoms with van der Waals surface area (Å²) in [4.78, 5) is 24.8. The summed E-state index contributed by atoms with van der Waals surface area (Å²) < 4.78 is 16.6. The van der Waals surface area contributed by atoms with Crippen LogP contribution in [0, 0.1) is 5.82 Å². The summed E-state index contributed by atoms with van der Waals surface area (Å²) in [6.45, 7) is 1.97. The van der Waals surface area contributed by atoms with Crippen molar-refractivity contribution < 1.29 is 4.39 Å². The molecule has 0 saturated carbocycles. The Morgan fingerprint density at radius 1 is 1.21 bits per heavy atom. The third kappa shape index (κ3) is 6.67. The van der Waals surface area contributed by atoms with Crippen molar-refractivity contribution in [2.45, 2.75) is 70.0 Å². The van der Waals surface area contributed by atoms with Gasteiger partial charge in [-0.1, -0.05) is 23.7 Å². The Morgan fingerprint density at radius 3 is 2.77 bits per heavy atom. The molecule has 224 valence electrons. The number of nitrogen functional groups attached to an aromatic ring is 1. The van der Waals surface area contributed by atoms with Gasteiger partial charge in [0.25, 0.3) is 0 Å². The zero-order chi connectivity index (χ0) is 30.1. The third-order valence-electron chi connectivity index (χ3n) is 8.06. The van der Waals surface area contributed by atoms with E-state index >= 15 is 4.39 Å². The van der Waals surface area contributed by atoms with Gasteiger partial charge >= 0.3 is 5.69 Å². The Kier molecular flexibility index (Phi) is 8.63. The highest BCUT2D eigenvalue weighted by atomic mass is 35.5. The molecule has 5 aromatic rings. The lowest BCUT2D eigenvalue weighted by molar-refractivity contribution is 0.323. The van der Waals surface area contributed by atoms with Gasteiger partial charge in [0.2, 0.25) is 0 Å². The summed E-state index contributed by atoms with van der Waals surface area (Å²) in [6, 6.07) is 13.9. The molecule has 1 saturated heterocycles. The minimum absolute atomic E-state index is 0.0613. The zero-order valence-corrected chi connectivity index (χ0v) is 25.5. The van der Waals surface area contributed by atoms with Crippen LogP contribution in [-0.4, -0.2) is 31.6 Å². The molecule has 0 bridgehead atoms. The highest BCUT2D eigenvalue weighted by molar-refractivity contribution is 7.15. The lowest BCUT2D eigenvalue weighted by Crippen LogP contribution is -2.38. The van der Waals surface area contributed by atoms with Crippen molar-refractivity contribution in [1.29, 1.82) is 0 Å². The molecule has 0 spiro atoms. The van der Waals surface area contributed by atoms with E-state index in [-0.39, 0.29) is 17.1 Å². The SMILES string of the molecule is C[C@H](N)CCCc1cc(Cl)c(F)c(-c2cc3cn(-c4ccc([C@@H]5CCC[C@@H](Cc6ncc(N)s6)N5)cc4)c(=O)nc3[nH]2)c1. The van der Waals surface area contributed by atoms with Crippen molar-refractivity contribution in [2.75, 3.05) is 5.73 Å². The summed E-state index contributed by atoms with van der Waals surface area (Å²) in [5.74, 6) is -0.510. The predicted molar refractivity (Wildman–Crippen MR) is 172 cm³/mol. The fourth-order valence-corrected chi connectivity index (χ4v) is 6.89. The molecule has 0 amide bonds. The van der Waals surface area contributed by atoms with Crippen molar-refractivity contribution in [2.24, 2.45) is 5.73 Å². The van der Waals surface area contributed by atoms with Crippen LogP contribution in [-0.2, 0) is 12.8 Å². The number of aryl methyl sites for hydroxylation is 1. The van der Waals surface area contributed by atoms with Gasteiger partial charge in [-0.05, 0) is 86.9 Å². The molecule has 6 rings (SSSR count). The van der Waals surface area contributed by atoms with E-state index in [4.69, 9.17) is 23.1 Å². The minimum Gasteiger partial charge on any atom is -0.389 e. The summed E-state index contributed by atoms with van der Waals surface area (Å²) in [7, 11) is 0. The van der Waals surface area contributed by atoms with E-state index in [9.17, 15) is 4.79 Å². The summed E-state index contributed by atoms with van der Waals surface area (Å²) in [5.41, 5.74) is 15.4. The van der Waals surface area contributed by atoms with Crippen LogP contribution in [0.3, 0.4) is 0 Å². The molecule has 3 aromatic heterocycles. The quantitative estimate of drug-likeness (QED) is 0.153. The highest BCUT2D eigenvalue weighted by Gasteiger charge is 2.23. The molecule has 1 aliphatic heterocycles. The van der Waals surface area contributed by atoms with E-state index < -0.39 is 11.5 Å². The second-order valence-corrected chi connectivity index (χ2v) is 13.0. The van der Waals surface area contributed by atoms with Crippen LogP contribution in [0.1, 0.15) is 61.2 Å². The van der Waals surface area contributed by atoms with Gasteiger partial charge in [0, 0.05) is 41.7 Å². The number of aromatic nitrogens is 4. The molecule has 0 aliphatic carbocycles. The highest BCUT2D eigenvalue weighted by Crippen LogP contribution is 2.32. The summed E-state index contributed by atoms with van der Waals surface area (Å²) in [6.07, 6.45) is 10.1. The first-order valence-electron chi connectivity index (χ1n) is 14.7. The second-order valence-electron chi connectivity index (χ2n) is 11.5. The largest absolute Gasteiger partial charge is 0.389 e. The molecule has 0 unspecified atom stereocenters. The molecule has 0 radical (unpaired) electrons. The number of H-pyrrole nitrogens is 1. The monoisotopic (exact) mass is 619 g/mol. The molecular weight excluding hydrogens is 585 g/mol. The van der Waals surface area contributed by atoms with E-state index in [1.54, 1.807) is 41.9 Å². The van der Waals surface area contributed by atoms with Crippen molar-refractivity contribution in [3.05, 3.63) is 92.3 Å². The van der Waals surface area contributed by atoms with Crippen molar-refractivity contribution in [3.8, 4) is 16.9 Å². The van der Waals surface area contributed by atoms with Gasteiger partial charge in [0.15, 0.2) is 5.82 Å². The van der Waals surface area contributed by atoms with Crippen LogP contribution in [0.15, 0.2) is 59.7 Å². The van der Waals surface area contributed by atoms with Crippen molar-refractivity contribution >= 4 is 39.0 Å². The number of aromatic amines is 1. The third-order valence-corrected chi connectivity index (χ3v) is 9.18. The Labute approximate surface area is 258 Å². The molecule has 3 atom stereocenters. The lowest BCUT2D eigenvalue weighted by Gasteiger charge is -2.31. The molecule has 6 N–H and O–H groups in total. The van der Waals surface area contributed by atoms with Crippen LogP contribution in [0.5, 0.6) is 0 Å². The Bertz CT molecular complexity index is 1800. The maximum Gasteiger partial charge on any atom is 0.354 e. The number of halogens is 2. The molecule has 11 heteroatoms. The number of rotatable bonds is 9. The van der Waals surface area contributed by atoms with Crippen molar-refractivity contribution in [3.63, 3.8) is 0 Å². The van der Waals surface area contributed by atoms with E-state index in [0.717, 1.165) is 60.5 Å². The van der Waals surface area contributed by atoms with E-state index in [0.29, 0.717) is 34.0 Å². The van der Waals surface area contributed by atoms with Crippen LogP contribution >= 0.6 is 22.9 Å². The second kappa shape index (κ2) is 12.6. The summed E-state index contributed by atoms with van der Waals surface area (Å²) in [5, 5.41) is 6.31. The molecule has 2 aromatic carbocycles. The first-order valence-corrected chi connectivity index (χ1v) is 15.9. The first kappa shape index (κ1) is 29.5. The Hall–Kier alpha value is -3.57. The molecule has 43 heavy (non-hydrogen) atoms. The smallest absolute Gasteiger partial charge is 0.354 e. The van der Waals surface area contributed by atoms with Crippen LogP contribution in [0.2, 0.25) is 5.02 Å². The number of benzene rings is 2. The minimum atomic E-state index is -0.510. The van der Waals surface area contributed by atoms with Gasteiger partial charge in [-0.3, -0.25) is 4.57 Å². The van der Waals surface area contributed by atoms with Gasteiger partial charge in [-0.15, -0.1) is 11.3 Å².